The average molecular weight is 287 g/mol. The van der Waals surface area contributed by atoms with Gasteiger partial charge in [-0.25, -0.2) is 0 Å². The highest BCUT2D eigenvalue weighted by Crippen LogP contribution is 2.33. The summed E-state index contributed by atoms with van der Waals surface area (Å²) < 4.78 is 0. The first kappa shape index (κ1) is 17.7. The fourth-order valence-corrected chi connectivity index (χ4v) is 2.65. The van der Waals surface area contributed by atoms with Crippen molar-refractivity contribution >= 4 is 0 Å². The lowest BCUT2D eigenvalue weighted by atomic mass is 9.77. The van der Waals surface area contributed by atoms with Crippen LogP contribution in [0.4, 0.5) is 0 Å². The summed E-state index contributed by atoms with van der Waals surface area (Å²) in [4.78, 5) is 6.93. The van der Waals surface area contributed by atoms with Crippen molar-refractivity contribution in [1.29, 1.82) is 5.26 Å². The maximum absolute atomic E-state index is 9.51. The summed E-state index contributed by atoms with van der Waals surface area (Å²) in [5, 5.41) is 9.51. The first-order valence-corrected chi connectivity index (χ1v) is 7.97. The Labute approximate surface area is 130 Å². The molecule has 21 heavy (non-hydrogen) atoms. The van der Waals surface area contributed by atoms with E-state index in [2.05, 4.69) is 57.6 Å². The van der Waals surface area contributed by atoms with E-state index in [0.29, 0.717) is 6.04 Å². The number of aromatic nitrogens is 1. The third kappa shape index (κ3) is 4.28. The number of hydrogen-bond donors (Lipinski definition) is 0. The van der Waals surface area contributed by atoms with Crippen molar-refractivity contribution in [3.05, 3.63) is 29.1 Å². The Hall–Kier alpha value is -1.40. The van der Waals surface area contributed by atoms with E-state index in [1.54, 1.807) is 0 Å². The topological polar surface area (TPSA) is 39.9 Å². The minimum atomic E-state index is 0.00227. The molecule has 0 N–H and O–H groups in total. The number of rotatable bonds is 7. The molecule has 1 aromatic rings. The number of nitrogens with zero attached hydrogens (tertiary/aromatic N) is 3. The van der Waals surface area contributed by atoms with E-state index in [9.17, 15) is 5.26 Å². The summed E-state index contributed by atoms with van der Waals surface area (Å²) in [6.45, 7) is 11.8. The molecular formula is C18H29N3. The summed E-state index contributed by atoms with van der Waals surface area (Å²) in [6, 6.07) is 4.86. The monoisotopic (exact) mass is 287 g/mol. The van der Waals surface area contributed by atoms with Crippen LogP contribution in [0.3, 0.4) is 0 Å². The summed E-state index contributed by atoms with van der Waals surface area (Å²) in [6.07, 6.45) is 5.12. The van der Waals surface area contributed by atoms with E-state index in [0.717, 1.165) is 42.6 Å². The van der Waals surface area contributed by atoms with Gasteiger partial charge >= 0.3 is 0 Å². The molecule has 1 rings (SSSR count). The van der Waals surface area contributed by atoms with Gasteiger partial charge in [-0.05, 0) is 45.4 Å². The van der Waals surface area contributed by atoms with Crippen molar-refractivity contribution in [3.8, 4) is 6.07 Å². The van der Waals surface area contributed by atoms with Crippen molar-refractivity contribution in [2.75, 3.05) is 7.05 Å². The van der Waals surface area contributed by atoms with Crippen LogP contribution in [0.1, 0.15) is 70.7 Å². The molecule has 0 saturated heterocycles. The van der Waals surface area contributed by atoms with Crippen LogP contribution in [-0.2, 0) is 12.0 Å². The zero-order valence-electron chi connectivity index (χ0n) is 14.4. The first-order valence-electron chi connectivity index (χ1n) is 7.97. The molecular weight excluding hydrogens is 258 g/mol. The SMILES string of the molecule is CCCC(C)(CC)c1ncc(CN(C)C(C)C)cc1C#N. The van der Waals surface area contributed by atoms with Crippen molar-refractivity contribution in [1.82, 2.24) is 9.88 Å². The second kappa shape index (κ2) is 7.56. The molecule has 0 fully saturated rings. The lowest BCUT2D eigenvalue weighted by Crippen LogP contribution is -2.27. The van der Waals surface area contributed by atoms with Crippen LogP contribution in [0.25, 0.3) is 0 Å². The second-order valence-electron chi connectivity index (χ2n) is 6.52. The summed E-state index contributed by atoms with van der Waals surface area (Å²) >= 11 is 0. The van der Waals surface area contributed by atoms with Crippen molar-refractivity contribution in [2.45, 2.75) is 71.9 Å². The molecule has 1 aromatic heterocycles. The van der Waals surface area contributed by atoms with Gasteiger partial charge in [-0.2, -0.15) is 5.26 Å². The molecule has 116 valence electrons. The van der Waals surface area contributed by atoms with E-state index in [4.69, 9.17) is 0 Å². The summed E-state index contributed by atoms with van der Waals surface area (Å²) in [5.41, 5.74) is 2.82. The number of hydrogen-bond acceptors (Lipinski definition) is 3. The van der Waals surface area contributed by atoms with Crippen LogP contribution in [0.5, 0.6) is 0 Å². The Morgan fingerprint density at radius 3 is 2.52 bits per heavy atom. The zero-order valence-corrected chi connectivity index (χ0v) is 14.4. The molecule has 3 nitrogen and oxygen atoms in total. The molecule has 0 saturated carbocycles. The van der Waals surface area contributed by atoms with Gasteiger partial charge < -0.3 is 0 Å². The number of nitriles is 1. The molecule has 3 heteroatoms. The van der Waals surface area contributed by atoms with Crippen LogP contribution < -0.4 is 0 Å². The largest absolute Gasteiger partial charge is 0.300 e. The van der Waals surface area contributed by atoms with Gasteiger partial charge in [0.05, 0.1) is 11.3 Å². The van der Waals surface area contributed by atoms with Crippen LogP contribution >= 0.6 is 0 Å². The van der Waals surface area contributed by atoms with Gasteiger partial charge in [0.1, 0.15) is 6.07 Å². The van der Waals surface area contributed by atoms with Crippen LogP contribution in [-0.4, -0.2) is 23.0 Å². The average Bonchev–Trinajstić information content (AvgIpc) is 2.46. The Kier molecular flexibility index (Phi) is 6.36. The molecule has 0 aliphatic carbocycles. The van der Waals surface area contributed by atoms with E-state index >= 15 is 0 Å². The molecule has 1 heterocycles. The smallest absolute Gasteiger partial charge is 0.101 e. The predicted octanol–water partition coefficient (Wildman–Crippen LogP) is 4.26. The second-order valence-corrected chi connectivity index (χ2v) is 6.52. The molecule has 1 unspecified atom stereocenters. The minimum absolute atomic E-state index is 0.00227. The minimum Gasteiger partial charge on any atom is -0.300 e. The zero-order chi connectivity index (χ0) is 16.0. The molecule has 0 radical (unpaired) electrons. The van der Waals surface area contributed by atoms with Crippen molar-refractivity contribution in [2.24, 2.45) is 0 Å². The van der Waals surface area contributed by atoms with E-state index < -0.39 is 0 Å². The molecule has 0 aliphatic heterocycles. The standard InChI is InChI=1S/C18H29N3/c1-7-9-18(5,8-2)17-16(11-19)10-15(12-20-17)13-21(6)14(3)4/h10,12,14H,7-9,13H2,1-6H3. The molecule has 0 aromatic carbocycles. The molecule has 0 amide bonds. The summed E-state index contributed by atoms with van der Waals surface area (Å²) in [7, 11) is 2.10. The van der Waals surface area contributed by atoms with E-state index in [-0.39, 0.29) is 5.41 Å². The van der Waals surface area contributed by atoms with Crippen LogP contribution in [0.2, 0.25) is 0 Å². The van der Waals surface area contributed by atoms with E-state index in [1.807, 2.05) is 12.3 Å². The quantitative estimate of drug-likeness (QED) is 0.752. The summed E-state index contributed by atoms with van der Waals surface area (Å²) in [5.74, 6) is 0. The van der Waals surface area contributed by atoms with Gasteiger partial charge in [0.15, 0.2) is 0 Å². The lowest BCUT2D eigenvalue weighted by molar-refractivity contribution is 0.265. The maximum atomic E-state index is 9.51. The van der Waals surface area contributed by atoms with E-state index in [1.165, 1.54) is 0 Å². The highest BCUT2D eigenvalue weighted by Gasteiger charge is 2.28. The molecule has 0 spiro atoms. The molecule has 1 atom stereocenters. The lowest BCUT2D eigenvalue weighted by Gasteiger charge is -2.28. The third-order valence-corrected chi connectivity index (χ3v) is 4.53. The van der Waals surface area contributed by atoms with Crippen molar-refractivity contribution < 1.29 is 0 Å². The Balaban J connectivity index is 3.13. The van der Waals surface area contributed by atoms with Crippen LogP contribution in [0, 0.1) is 11.3 Å². The van der Waals surface area contributed by atoms with Gasteiger partial charge in [0.25, 0.3) is 0 Å². The Morgan fingerprint density at radius 2 is 2.05 bits per heavy atom. The molecule has 0 aliphatic rings. The highest BCUT2D eigenvalue weighted by atomic mass is 15.1. The van der Waals surface area contributed by atoms with Gasteiger partial charge in [-0.1, -0.05) is 27.2 Å². The fraction of sp³-hybridized carbons (Fsp3) is 0.667. The highest BCUT2D eigenvalue weighted by molar-refractivity contribution is 5.39. The Morgan fingerprint density at radius 1 is 1.38 bits per heavy atom. The Bertz CT molecular complexity index is 502. The van der Waals surface area contributed by atoms with Crippen molar-refractivity contribution in [3.63, 3.8) is 0 Å². The van der Waals surface area contributed by atoms with Gasteiger partial charge in [-0.15, -0.1) is 0 Å². The first-order chi connectivity index (χ1) is 9.87. The normalized spacial score (nSPS) is 14.2. The fourth-order valence-electron chi connectivity index (χ4n) is 2.65. The third-order valence-electron chi connectivity index (χ3n) is 4.53. The predicted molar refractivity (Wildman–Crippen MR) is 88.1 cm³/mol. The molecule has 0 bridgehead atoms. The van der Waals surface area contributed by atoms with Gasteiger partial charge in [0.2, 0.25) is 0 Å². The van der Waals surface area contributed by atoms with Crippen LogP contribution in [0.15, 0.2) is 12.3 Å². The number of pyridine rings is 1. The maximum Gasteiger partial charge on any atom is 0.101 e. The van der Waals surface area contributed by atoms with Gasteiger partial charge in [-0.3, -0.25) is 9.88 Å². The van der Waals surface area contributed by atoms with Gasteiger partial charge in [0, 0.05) is 24.2 Å².